The molecule has 0 radical (unpaired) electrons. The lowest BCUT2D eigenvalue weighted by Crippen LogP contribution is -2.25. The van der Waals surface area contributed by atoms with Crippen molar-refractivity contribution in [1.82, 2.24) is 9.78 Å². The molecule has 1 atom stereocenters. The molecular formula is C9H14F3N3. The summed E-state index contributed by atoms with van der Waals surface area (Å²) in [7, 11) is 1.75. The number of nitrogens with zero attached hydrogens (tertiary/aromatic N) is 2. The zero-order valence-electron chi connectivity index (χ0n) is 8.46. The molecule has 1 heterocycles. The van der Waals surface area contributed by atoms with Gasteiger partial charge in [0.05, 0.1) is 5.69 Å². The Labute approximate surface area is 86.1 Å². The smallest absolute Gasteiger partial charge is 0.327 e. The lowest BCUT2D eigenvalue weighted by atomic mass is 10.1. The summed E-state index contributed by atoms with van der Waals surface area (Å²) in [4.78, 5) is 0. The van der Waals surface area contributed by atoms with Gasteiger partial charge in [0.2, 0.25) is 0 Å². The van der Waals surface area contributed by atoms with Gasteiger partial charge >= 0.3 is 6.18 Å². The monoisotopic (exact) mass is 221 g/mol. The van der Waals surface area contributed by atoms with Gasteiger partial charge in [-0.3, -0.25) is 4.68 Å². The highest BCUT2D eigenvalue weighted by Gasteiger charge is 2.27. The number of rotatable bonds is 4. The molecule has 0 saturated carbocycles. The molecule has 1 aromatic rings. The molecule has 3 nitrogen and oxygen atoms in total. The Balaban J connectivity index is 2.33. The van der Waals surface area contributed by atoms with Crippen molar-refractivity contribution in [2.45, 2.75) is 31.5 Å². The molecule has 1 aromatic heterocycles. The van der Waals surface area contributed by atoms with Gasteiger partial charge < -0.3 is 5.73 Å². The fraction of sp³-hybridized carbons (Fsp3) is 0.667. The first-order valence-corrected chi connectivity index (χ1v) is 4.67. The predicted molar refractivity (Wildman–Crippen MR) is 50.2 cm³/mol. The predicted octanol–water partition coefficient (Wildman–Crippen LogP) is 1.63. The van der Waals surface area contributed by atoms with E-state index in [-0.39, 0.29) is 6.42 Å². The molecule has 0 amide bonds. The van der Waals surface area contributed by atoms with Gasteiger partial charge in [-0.2, -0.15) is 18.3 Å². The van der Waals surface area contributed by atoms with Crippen molar-refractivity contribution in [1.29, 1.82) is 0 Å². The van der Waals surface area contributed by atoms with E-state index in [9.17, 15) is 13.2 Å². The van der Waals surface area contributed by atoms with Crippen molar-refractivity contribution in [2.24, 2.45) is 12.8 Å². The molecule has 1 rings (SSSR count). The minimum Gasteiger partial charge on any atom is -0.327 e. The minimum absolute atomic E-state index is 0.0555. The van der Waals surface area contributed by atoms with E-state index >= 15 is 0 Å². The Morgan fingerprint density at radius 2 is 2.20 bits per heavy atom. The number of hydrogen-bond acceptors (Lipinski definition) is 2. The molecular weight excluding hydrogens is 207 g/mol. The number of hydrogen-bond donors (Lipinski definition) is 1. The van der Waals surface area contributed by atoms with Gasteiger partial charge in [0.1, 0.15) is 0 Å². The zero-order valence-corrected chi connectivity index (χ0v) is 8.46. The number of halogens is 3. The van der Waals surface area contributed by atoms with Crippen LogP contribution in [0.25, 0.3) is 0 Å². The fourth-order valence-electron chi connectivity index (χ4n) is 1.29. The highest BCUT2D eigenvalue weighted by Crippen LogP contribution is 2.22. The third-order valence-corrected chi connectivity index (χ3v) is 2.04. The van der Waals surface area contributed by atoms with Gasteiger partial charge in [0.25, 0.3) is 0 Å². The number of nitrogens with two attached hydrogens (primary N) is 1. The second kappa shape index (κ2) is 4.65. The number of aryl methyl sites for hydroxylation is 1. The summed E-state index contributed by atoms with van der Waals surface area (Å²) in [6.07, 6.45) is -2.88. The standard InChI is InChI=1S/C9H14F3N3/c1-15-5-3-8(14-15)6-7(13)2-4-9(10,11)12/h3,5,7H,2,4,6,13H2,1H3. The van der Waals surface area contributed by atoms with Crippen molar-refractivity contribution >= 4 is 0 Å². The van der Waals surface area contributed by atoms with Crippen LogP contribution in [-0.4, -0.2) is 22.0 Å². The van der Waals surface area contributed by atoms with Gasteiger partial charge in [0, 0.05) is 32.1 Å². The molecule has 0 aliphatic carbocycles. The molecule has 0 aromatic carbocycles. The molecule has 1 unspecified atom stereocenters. The molecule has 0 aliphatic heterocycles. The summed E-state index contributed by atoms with van der Waals surface area (Å²) in [5.74, 6) is 0. The molecule has 6 heteroatoms. The van der Waals surface area contributed by atoms with E-state index < -0.39 is 18.6 Å². The second-order valence-electron chi connectivity index (χ2n) is 3.60. The first-order valence-electron chi connectivity index (χ1n) is 4.67. The van der Waals surface area contributed by atoms with E-state index in [1.807, 2.05) is 0 Å². The maximum atomic E-state index is 11.9. The van der Waals surface area contributed by atoms with Crippen LogP contribution in [-0.2, 0) is 13.5 Å². The van der Waals surface area contributed by atoms with E-state index in [1.165, 1.54) is 0 Å². The summed E-state index contributed by atoms with van der Waals surface area (Å²) in [6, 6.07) is 1.27. The van der Waals surface area contributed by atoms with Crippen LogP contribution in [0.3, 0.4) is 0 Å². The van der Waals surface area contributed by atoms with Crippen molar-refractivity contribution in [3.05, 3.63) is 18.0 Å². The number of aromatic nitrogens is 2. The lowest BCUT2D eigenvalue weighted by Gasteiger charge is -2.11. The average Bonchev–Trinajstić information content (AvgIpc) is 2.47. The Hall–Kier alpha value is -1.04. The van der Waals surface area contributed by atoms with Gasteiger partial charge in [-0.25, -0.2) is 0 Å². The highest BCUT2D eigenvalue weighted by atomic mass is 19.4. The lowest BCUT2D eigenvalue weighted by molar-refractivity contribution is -0.136. The van der Waals surface area contributed by atoms with Crippen LogP contribution in [0.5, 0.6) is 0 Å². The van der Waals surface area contributed by atoms with E-state index in [1.54, 1.807) is 24.0 Å². The summed E-state index contributed by atoms with van der Waals surface area (Å²) >= 11 is 0. The highest BCUT2D eigenvalue weighted by molar-refractivity contribution is 5.00. The number of alkyl halides is 3. The van der Waals surface area contributed by atoms with Crippen LogP contribution in [0, 0.1) is 0 Å². The molecule has 0 bridgehead atoms. The average molecular weight is 221 g/mol. The van der Waals surface area contributed by atoms with Crippen LogP contribution in [0.1, 0.15) is 18.5 Å². The quantitative estimate of drug-likeness (QED) is 0.839. The van der Waals surface area contributed by atoms with E-state index in [0.717, 1.165) is 5.69 Å². The van der Waals surface area contributed by atoms with E-state index in [0.29, 0.717) is 6.42 Å². The Bertz CT molecular complexity index is 306. The SMILES string of the molecule is Cn1ccc(CC(N)CCC(F)(F)F)n1. The summed E-state index contributed by atoms with van der Waals surface area (Å²) in [6.45, 7) is 0. The Morgan fingerprint density at radius 3 is 2.67 bits per heavy atom. The molecule has 15 heavy (non-hydrogen) atoms. The van der Waals surface area contributed by atoms with Crippen molar-refractivity contribution < 1.29 is 13.2 Å². The molecule has 0 aliphatic rings. The largest absolute Gasteiger partial charge is 0.389 e. The van der Waals surface area contributed by atoms with Crippen molar-refractivity contribution in [3.63, 3.8) is 0 Å². The van der Waals surface area contributed by atoms with E-state index in [4.69, 9.17) is 5.73 Å². The molecule has 2 N–H and O–H groups in total. The van der Waals surface area contributed by atoms with Crippen LogP contribution in [0.4, 0.5) is 13.2 Å². The summed E-state index contributed by atoms with van der Waals surface area (Å²) in [5, 5.41) is 4.05. The van der Waals surface area contributed by atoms with Gasteiger partial charge in [-0.15, -0.1) is 0 Å². The van der Waals surface area contributed by atoms with Gasteiger partial charge in [0.15, 0.2) is 0 Å². The van der Waals surface area contributed by atoms with Crippen LogP contribution in [0.15, 0.2) is 12.3 Å². The van der Waals surface area contributed by atoms with Crippen LogP contribution < -0.4 is 5.73 Å². The third kappa shape index (κ3) is 4.83. The van der Waals surface area contributed by atoms with Crippen molar-refractivity contribution in [2.75, 3.05) is 0 Å². The van der Waals surface area contributed by atoms with Crippen LogP contribution >= 0.6 is 0 Å². The third-order valence-electron chi connectivity index (χ3n) is 2.04. The topological polar surface area (TPSA) is 43.8 Å². The van der Waals surface area contributed by atoms with Crippen LogP contribution in [0.2, 0.25) is 0 Å². The van der Waals surface area contributed by atoms with Gasteiger partial charge in [-0.1, -0.05) is 0 Å². The molecule has 0 spiro atoms. The molecule has 0 saturated heterocycles. The maximum absolute atomic E-state index is 11.9. The Kier molecular flexibility index (Phi) is 3.73. The molecule has 86 valence electrons. The first-order chi connectivity index (χ1) is 6.87. The maximum Gasteiger partial charge on any atom is 0.389 e. The van der Waals surface area contributed by atoms with Gasteiger partial charge in [-0.05, 0) is 12.5 Å². The molecule has 0 fully saturated rings. The summed E-state index contributed by atoms with van der Waals surface area (Å²) < 4.78 is 37.3. The first kappa shape index (κ1) is 12.0. The zero-order chi connectivity index (χ0) is 11.5. The fourth-order valence-corrected chi connectivity index (χ4v) is 1.29. The minimum atomic E-state index is -4.12. The normalized spacial score (nSPS) is 14.2. The Morgan fingerprint density at radius 1 is 1.53 bits per heavy atom. The van der Waals surface area contributed by atoms with E-state index in [2.05, 4.69) is 5.10 Å². The van der Waals surface area contributed by atoms with Crippen molar-refractivity contribution in [3.8, 4) is 0 Å². The second-order valence-corrected chi connectivity index (χ2v) is 3.60. The summed E-state index contributed by atoms with van der Waals surface area (Å²) in [5.41, 5.74) is 6.30.